The summed E-state index contributed by atoms with van der Waals surface area (Å²) in [4.78, 5) is 16.4. The summed E-state index contributed by atoms with van der Waals surface area (Å²) in [6.07, 6.45) is 0. The van der Waals surface area contributed by atoms with Gasteiger partial charge in [0.15, 0.2) is 0 Å². The molecule has 0 aliphatic rings. The number of nitrogens with zero attached hydrogens (tertiary/aromatic N) is 3. The molecule has 0 bridgehead atoms. The van der Waals surface area contributed by atoms with Crippen LogP contribution in [0.3, 0.4) is 0 Å². The quantitative estimate of drug-likeness (QED) is 0.683. The number of nitrogens with two attached hydrogens (primary N) is 1. The van der Waals surface area contributed by atoms with Gasteiger partial charge in [-0.15, -0.1) is 5.10 Å². The highest BCUT2D eigenvalue weighted by molar-refractivity contribution is 7.20. The minimum Gasteiger partial charge on any atom is -0.493 e. The lowest BCUT2D eigenvalue weighted by molar-refractivity contribution is 0.455. The van der Waals surface area contributed by atoms with Gasteiger partial charge in [0.2, 0.25) is 16.0 Å². The fourth-order valence-electron chi connectivity index (χ4n) is 1.71. The SMILES string of the molecule is Nc1nn2c(=O)c(-c3ccccc3)c(O)nc2s1. The number of hydrogen-bond acceptors (Lipinski definition) is 6. The maximum atomic E-state index is 12.2. The maximum Gasteiger partial charge on any atom is 0.287 e. The topological polar surface area (TPSA) is 93.5 Å². The van der Waals surface area contributed by atoms with Crippen LogP contribution < -0.4 is 11.3 Å². The van der Waals surface area contributed by atoms with E-state index in [9.17, 15) is 9.90 Å². The number of aromatic nitrogens is 3. The van der Waals surface area contributed by atoms with Gasteiger partial charge >= 0.3 is 0 Å². The summed E-state index contributed by atoms with van der Waals surface area (Å²) in [5, 5.41) is 14.0. The molecule has 0 spiro atoms. The van der Waals surface area contributed by atoms with Crippen molar-refractivity contribution in [3.63, 3.8) is 0 Å². The molecular weight excluding hydrogens is 252 g/mol. The molecular formula is C11H8N4O2S. The molecule has 90 valence electrons. The number of rotatable bonds is 1. The molecule has 0 amide bonds. The van der Waals surface area contributed by atoms with Gasteiger partial charge in [-0.2, -0.15) is 9.50 Å². The molecule has 0 fully saturated rings. The Labute approximate surface area is 105 Å². The molecule has 18 heavy (non-hydrogen) atoms. The second-order valence-corrected chi connectivity index (χ2v) is 4.60. The summed E-state index contributed by atoms with van der Waals surface area (Å²) in [7, 11) is 0. The van der Waals surface area contributed by atoms with E-state index >= 15 is 0 Å². The van der Waals surface area contributed by atoms with E-state index in [1.807, 2.05) is 6.07 Å². The summed E-state index contributed by atoms with van der Waals surface area (Å²) in [6.45, 7) is 0. The number of aromatic hydroxyl groups is 1. The summed E-state index contributed by atoms with van der Waals surface area (Å²) >= 11 is 1.04. The van der Waals surface area contributed by atoms with Crippen molar-refractivity contribution in [2.45, 2.75) is 0 Å². The van der Waals surface area contributed by atoms with Crippen molar-refractivity contribution in [1.82, 2.24) is 14.6 Å². The summed E-state index contributed by atoms with van der Waals surface area (Å²) in [6, 6.07) is 8.82. The Bertz CT molecular complexity index is 779. The average Bonchev–Trinajstić information content (AvgIpc) is 2.71. The monoisotopic (exact) mass is 260 g/mol. The summed E-state index contributed by atoms with van der Waals surface area (Å²) < 4.78 is 1.10. The highest BCUT2D eigenvalue weighted by Crippen LogP contribution is 2.25. The Morgan fingerprint density at radius 2 is 2.00 bits per heavy atom. The predicted molar refractivity (Wildman–Crippen MR) is 68.6 cm³/mol. The molecule has 0 atom stereocenters. The minimum absolute atomic E-state index is 0.124. The molecule has 0 aliphatic carbocycles. The van der Waals surface area contributed by atoms with Crippen LogP contribution in [0.2, 0.25) is 0 Å². The van der Waals surface area contributed by atoms with E-state index in [4.69, 9.17) is 5.73 Å². The van der Waals surface area contributed by atoms with Crippen LogP contribution in [0, 0.1) is 0 Å². The van der Waals surface area contributed by atoms with E-state index in [2.05, 4.69) is 10.1 Å². The third-order valence-electron chi connectivity index (χ3n) is 2.47. The Morgan fingerprint density at radius 1 is 1.28 bits per heavy atom. The highest BCUT2D eigenvalue weighted by Gasteiger charge is 2.16. The largest absolute Gasteiger partial charge is 0.493 e. The van der Waals surface area contributed by atoms with E-state index in [-0.39, 0.29) is 21.5 Å². The first-order valence-electron chi connectivity index (χ1n) is 5.10. The van der Waals surface area contributed by atoms with E-state index in [0.29, 0.717) is 5.56 Å². The smallest absolute Gasteiger partial charge is 0.287 e. The zero-order chi connectivity index (χ0) is 12.7. The normalized spacial score (nSPS) is 10.9. The van der Waals surface area contributed by atoms with Crippen molar-refractivity contribution in [1.29, 1.82) is 0 Å². The molecule has 6 nitrogen and oxygen atoms in total. The van der Waals surface area contributed by atoms with Gasteiger partial charge in [-0.05, 0) is 5.56 Å². The van der Waals surface area contributed by atoms with Gasteiger partial charge in [-0.25, -0.2) is 0 Å². The summed E-state index contributed by atoms with van der Waals surface area (Å²) in [5.41, 5.74) is 5.81. The number of anilines is 1. The Morgan fingerprint density at radius 3 is 2.72 bits per heavy atom. The minimum atomic E-state index is -0.434. The van der Waals surface area contributed by atoms with E-state index < -0.39 is 5.56 Å². The molecule has 1 aromatic carbocycles. The van der Waals surface area contributed by atoms with Crippen molar-refractivity contribution >= 4 is 21.4 Å². The third-order valence-corrected chi connectivity index (χ3v) is 3.21. The second kappa shape index (κ2) is 3.81. The van der Waals surface area contributed by atoms with Crippen LogP contribution in [-0.4, -0.2) is 19.7 Å². The van der Waals surface area contributed by atoms with E-state index in [0.717, 1.165) is 15.9 Å². The van der Waals surface area contributed by atoms with Crippen molar-refractivity contribution in [3.05, 3.63) is 40.7 Å². The third kappa shape index (κ3) is 1.52. The molecule has 0 saturated carbocycles. The van der Waals surface area contributed by atoms with Crippen LogP contribution in [0.1, 0.15) is 0 Å². The first-order chi connectivity index (χ1) is 8.66. The zero-order valence-electron chi connectivity index (χ0n) is 9.07. The predicted octanol–water partition coefficient (Wildman–Crippen LogP) is 1.11. The molecule has 3 N–H and O–H groups in total. The van der Waals surface area contributed by atoms with Crippen LogP contribution in [0.5, 0.6) is 5.88 Å². The lowest BCUT2D eigenvalue weighted by atomic mass is 10.1. The molecule has 2 heterocycles. The van der Waals surface area contributed by atoms with Gasteiger partial charge < -0.3 is 10.8 Å². The molecule has 0 aliphatic heterocycles. The fourth-order valence-corrected chi connectivity index (χ4v) is 2.36. The second-order valence-electron chi connectivity index (χ2n) is 3.62. The van der Waals surface area contributed by atoms with Crippen LogP contribution >= 0.6 is 11.3 Å². The zero-order valence-corrected chi connectivity index (χ0v) is 9.89. The first kappa shape index (κ1) is 10.7. The average molecular weight is 260 g/mol. The molecule has 0 unspecified atom stereocenters. The van der Waals surface area contributed by atoms with Crippen LogP contribution in [0.15, 0.2) is 35.1 Å². The lowest BCUT2D eigenvalue weighted by Crippen LogP contribution is -2.17. The molecule has 2 aromatic heterocycles. The van der Waals surface area contributed by atoms with Gasteiger partial charge in [-0.3, -0.25) is 4.79 Å². The van der Waals surface area contributed by atoms with Gasteiger partial charge in [0.25, 0.3) is 5.56 Å². The van der Waals surface area contributed by atoms with Crippen LogP contribution in [-0.2, 0) is 0 Å². The number of benzene rings is 1. The number of fused-ring (bicyclic) bond motifs is 1. The van der Waals surface area contributed by atoms with Crippen molar-refractivity contribution < 1.29 is 5.11 Å². The van der Waals surface area contributed by atoms with Crippen molar-refractivity contribution in [2.75, 3.05) is 5.73 Å². The Kier molecular flexibility index (Phi) is 2.27. The molecule has 7 heteroatoms. The highest BCUT2D eigenvalue weighted by atomic mass is 32.1. The number of nitrogen functional groups attached to an aromatic ring is 1. The van der Waals surface area contributed by atoms with Crippen molar-refractivity contribution in [2.24, 2.45) is 0 Å². The van der Waals surface area contributed by atoms with Crippen LogP contribution in [0.4, 0.5) is 5.13 Å². The fraction of sp³-hybridized carbons (Fsp3) is 0. The molecule has 3 rings (SSSR count). The van der Waals surface area contributed by atoms with Gasteiger partial charge in [0.1, 0.15) is 5.56 Å². The van der Waals surface area contributed by atoms with E-state index in [1.165, 1.54) is 0 Å². The molecule has 0 radical (unpaired) electrons. The van der Waals surface area contributed by atoms with E-state index in [1.54, 1.807) is 24.3 Å². The summed E-state index contributed by atoms with van der Waals surface area (Å²) in [5.74, 6) is -0.310. The lowest BCUT2D eigenvalue weighted by Gasteiger charge is -2.02. The number of hydrogen-bond donors (Lipinski definition) is 2. The standard InChI is InChI=1S/C11H8N4O2S/c12-10-14-15-9(17)7(6-4-2-1-3-5-6)8(16)13-11(15)18-10/h1-5,16H,(H2,12,14). The van der Waals surface area contributed by atoms with Gasteiger partial charge in [-0.1, -0.05) is 41.7 Å². The Hall–Kier alpha value is -2.41. The Balaban J connectivity index is 2.40. The molecule has 0 saturated heterocycles. The van der Waals surface area contributed by atoms with Gasteiger partial charge in [0, 0.05) is 0 Å². The molecule has 3 aromatic rings. The first-order valence-corrected chi connectivity index (χ1v) is 5.92. The van der Waals surface area contributed by atoms with Gasteiger partial charge in [0.05, 0.1) is 0 Å². The van der Waals surface area contributed by atoms with Crippen LogP contribution in [0.25, 0.3) is 16.1 Å². The van der Waals surface area contributed by atoms with Crippen molar-refractivity contribution in [3.8, 4) is 17.0 Å². The maximum absolute atomic E-state index is 12.2.